The molecule has 0 unspecified atom stereocenters. The fourth-order valence-electron chi connectivity index (χ4n) is 0.739. The summed E-state index contributed by atoms with van der Waals surface area (Å²) in [6, 6.07) is 1.09. The van der Waals surface area contributed by atoms with Gasteiger partial charge in [0.05, 0.1) is 5.25 Å². The first-order valence-electron chi connectivity index (χ1n) is 3.86. The number of nitrogens with zero attached hydrogens (tertiary/aromatic N) is 1. The minimum atomic E-state index is -3.84. The molecule has 0 aliphatic rings. The van der Waals surface area contributed by atoms with Crippen molar-refractivity contribution in [2.75, 3.05) is 5.73 Å². The molecule has 0 spiro atoms. The Hall–Kier alpha value is -1.37. The molecule has 0 aliphatic heterocycles. The van der Waals surface area contributed by atoms with E-state index < -0.39 is 20.2 Å². The van der Waals surface area contributed by atoms with E-state index in [1.165, 1.54) is 13.8 Å². The van der Waals surface area contributed by atoms with Crippen LogP contribution in [0, 0.1) is 0 Å². The average molecular weight is 218 g/mol. The Kier molecular flexibility index (Phi) is 2.61. The third-order valence-corrected chi connectivity index (χ3v) is 3.57. The van der Waals surface area contributed by atoms with Crippen LogP contribution in [-0.4, -0.2) is 23.9 Å². The predicted molar refractivity (Wildman–Crippen MR) is 49.3 cm³/mol. The number of nitrogen functional groups attached to an aromatic ring is 1. The molecule has 0 radical (unpaired) electrons. The lowest BCUT2D eigenvalue weighted by molar-refractivity contribution is 0.104. The number of aromatic nitrogens is 1. The molecular weight excluding hydrogens is 208 g/mol. The maximum Gasteiger partial charge on any atom is 0.314 e. The predicted octanol–water partition coefficient (Wildman–Crippen LogP) is 0.220. The summed E-state index contributed by atoms with van der Waals surface area (Å²) in [6.07, 6.45) is 0. The smallest absolute Gasteiger partial charge is 0.314 e. The molecule has 0 amide bonds. The second kappa shape index (κ2) is 3.41. The molecule has 0 saturated carbocycles. The van der Waals surface area contributed by atoms with Crippen LogP contribution in [0.3, 0.4) is 0 Å². The van der Waals surface area contributed by atoms with Gasteiger partial charge in [0.25, 0.3) is 0 Å². The summed E-state index contributed by atoms with van der Waals surface area (Å²) in [4.78, 5) is 11.3. The maximum absolute atomic E-state index is 11.4. The van der Waals surface area contributed by atoms with Crippen molar-refractivity contribution in [2.24, 2.45) is 0 Å². The molecule has 0 bridgehead atoms. The molecule has 1 rings (SSSR count). The maximum atomic E-state index is 11.4. The number of hydrogen-bond donors (Lipinski definition) is 1. The third kappa shape index (κ3) is 1.77. The van der Waals surface area contributed by atoms with Gasteiger partial charge in [0.2, 0.25) is 15.6 Å². The fraction of sp³-hybridized carbons (Fsp3) is 0.429. The Bertz CT molecular complexity index is 446. The number of sulfone groups is 1. The summed E-state index contributed by atoms with van der Waals surface area (Å²) in [5, 5.41) is 1.35. The standard InChI is InChI=1S/C7H10N2O4S/c1-4(2)14(11,12)7(10)5-3-6(8)9-13-5/h3-4H,1-2H3,(H2,8,9). The van der Waals surface area contributed by atoms with Gasteiger partial charge in [0.15, 0.2) is 5.82 Å². The third-order valence-electron chi connectivity index (χ3n) is 1.61. The van der Waals surface area contributed by atoms with Gasteiger partial charge in [-0.25, -0.2) is 8.42 Å². The monoisotopic (exact) mass is 218 g/mol. The quantitative estimate of drug-likeness (QED) is 0.761. The van der Waals surface area contributed by atoms with Gasteiger partial charge in [-0.3, -0.25) is 4.79 Å². The van der Waals surface area contributed by atoms with Crippen molar-refractivity contribution in [3.63, 3.8) is 0 Å². The Labute approximate surface area is 81.0 Å². The van der Waals surface area contributed by atoms with Crippen molar-refractivity contribution >= 4 is 20.8 Å². The Balaban J connectivity index is 3.09. The molecule has 0 saturated heterocycles. The highest BCUT2D eigenvalue weighted by Gasteiger charge is 2.30. The molecule has 6 nitrogen and oxygen atoms in total. The topological polar surface area (TPSA) is 103 Å². The molecule has 0 aromatic carbocycles. The lowest BCUT2D eigenvalue weighted by atomic mass is 10.5. The van der Waals surface area contributed by atoms with E-state index in [2.05, 4.69) is 9.68 Å². The first kappa shape index (κ1) is 10.7. The second-order valence-corrected chi connectivity index (χ2v) is 5.40. The zero-order chi connectivity index (χ0) is 10.9. The molecule has 1 aromatic rings. The molecule has 1 heterocycles. The number of anilines is 1. The van der Waals surface area contributed by atoms with Gasteiger partial charge in [-0.05, 0) is 13.8 Å². The Morgan fingerprint density at radius 3 is 2.50 bits per heavy atom. The van der Waals surface area contributed by atoms with Crippen LogP contribution in [0.4, 0.5) is 5.82 Å². The van der Waals surface area contributed by atoms with Crippen LogP contribution in [0.15, 0.2) is 10.6 Å². The van der Waals surface area contributed by atoms with Crippen molar-refractivity contribution in [3.05, 3.63) is 11.8 Å². The molecule has 14 heavy (non-hydrogen) atoms. The average Bonchev–Trinajstić information content (AvgIpc) is 2.50. The summed E-state index contributed by atoms with van der Waals surface area (Å²) in [6.45, 7) is 2.82. The van der Waals surface area contributed by atoms with Crippen LogP contribution in [0.25, 0.3) is 0 Å². The van der Waals surface area contributed by atoms with Gasteiger partial charge >= 0.3 is 5.12 Å². The largest absolute Gasteiger partial charge is 0.381 e. The number of carbonyl (C=O) groups excluding carboxylic acids is 1. The fourth-order valence-corrected chi connectivity index (χ4v) is 1.54. The molecule has 0 atom stereocenters. The molecule has 2 N–H and O–H groups in total. The van der Waals surface area contributed by atoms with E-state index in [1.807, 2.05) is 0 Å². The van der Waals surface area contributed by atoms with E-state index in [9.17, 15) is 13.2 Å². The summed E-state index contributed by atoms with van der Waals surface area (Å²) < 4.78 is 27.2. The van der Waals surface area contributed by atoms with Crippen molar-refractivity contribution in [1.82, 2.24) is 5.16 Å². The van der Waals surface area contributed by atoms with Gasteiger partial charge in [0.1, 0.15) is 0 Å². The second-order valence-electron chi connectivity index (χ2n) is 3.00. The zero-order valence-corrected chi connectivity index (χ0v) is 8.54. The highest BCUT2D eigenvalue weighted by Crippen LogP contribution is 2.13. The summed E-state index contributed by atoms with van der Waals surface area (Å²) in [5.41, 5.74) is 5.18. The minimum Gasteiger partial charge on any atom is -0.381 e. The van der Waals surface area contributed by atoms with Gasteiger partial charge in [-0.15, -0.1) is 0 Å². The van der Waals surface area contributed by atoms with Crippen molar-refractivity contribution in [2.45, 2.75) is 19.1 Å². The molecular formula is C7H10N2O4S. The Morgan fingerprint density at radius 2 is 2.14 bits per heavy atom. The van der Waals surface area contributed by atoms with E-state index in [-0.39, 0.29) is 11.6 Å². The van der Waals surface area contributed by atoms with E-state index in [0.29, 0.717) is 0 Å². The van der Waals surface area contributed by atoms with Crippen molar-refractivity contribution in [1.29, 1.82) is 0 Å². The van der Waals surface area contributed by atoms with Crippen LogP contribution in [0.2, 0.25) is 0 Å². The van der Waals surface area contributed by atoms with Crippen LogP contribution < -0.4 is 5.73 Å². The van der Waals surface area contributed by atoms with Gasteiger partial charge in [0, 0.05) is 6.07 Å². The normalized spacial score (nSPS) is 11.9. The van der Waals surface area contributed by atoms with E-state index >= 15 is 0 Å². The van der Waals surface area contributed by atoms with Gasteiger partial charge in [-0.2, -0.15) is 0 Å². The van der Waals surface area contributed by atoms with E-state index in [4.69, 9.17) is 5.73 Å². The summed E-state index contributed by atoms with van der Waals surface area (Å²) in [7, 11) is -3.84. The van der Waals surface area contributed by atoms with Crippen LogP contribution in [0.5, 0.6) is 0 Å². The van der Waals surface area contributed by atoms with Crippen LogP contribution in [-0.2, 0) is 9.84 Å². The van der Waals surface area contributed by atoms with Crippen molar-refractivity contribution in [3.8, 4) is 0 Å². The van der Waals surface area contributed by atoms with E-state index in [1.54, 1.807) is 0 Å². The lowest BCUT2D eigenvalue weighted by Gasteiger charge is -2.02. The van der Waals surface area contributed by atoms with Crippen molar-refractivity contribution < 1.29 is 17.7 Å². The number of rotatable bonds is 2. The summed E-state index contributed by atoms with van der Waals surface area (Å²) in [5.74, 6) is -0.372. The molecule has 7 heteroatoms. The lowest BCUT2D eigenvalue weighted by Crippen LogP contribution is -2.23. The van der Waals surface area contributed by atoms with E-state index in [0.717, 1.165) is 6.07 Å². The minimum absolute atomic E-state index is 0.0210. The number of nitrogens with two attached hydrogens (primary N) is 1. The van der Waals surface area contributed by atoms with Crippen LogP contribution >= 0.6 is 0 Å². The SMILES string of the molecule is CC(C)S(=O)(=O)C(=O)c1cc(N)no1. The highest BCUT2D eigenvalue weighted by molar-refractivity contribution is 8.07. The first-order chi connectivity index (χ1) is 6.35. The molecule has 0 aliphatic carbocycles. The number of carbonyl (C=O) groups is 1. The van der Waals surface area contributed by atoms with Gasteiger partial charge < -0.3 is 10.3 Å². The van der Waals surface area contributed by atoms with Gasteiger partial charge in [-0.1, -0.05) is 5.16 Å². The summed E-state index contributed by atoms with van der Waals surface area (Å²) >= 11 is 0. The highest BCUT2D eigenvalue weighted by atomic mass is 32.2. The zero-order valence-electron chi connectivity index (χ0n) is 7.72. The van der Waals surface area contributed by atoms with Crippen LogP contribution in [0.1, 0.15) is 24.4 Å². The number of hydrogen-bond acceptors (Lipinski definition) is 6. The molecule has 0 fully saturated rings. The first-order valence-corrected chi connectivity index (χ1v) is 5.40. The molecule has 1 aromatic heterocycles. The Morgan fingerprint density at radius 1 is 1.57 bits per heavy atom. The molecule has 78 valence electrons.